The van der Waals surface area contributed by atoms with Crippen molar-refractivity contribution >= 4 is 22.6 Å². The normalized spacial score (nSPS) is 21.4. The second-order valence-corrected chi connectivity index (χ2v) is 4.47. The summed E-state index contributed by atoms with van der Waals surface area (Å²) in [6, 6.07) is 0. The summed E-state index contributed by atoms with van der Waals surface area (Å²) in [5.74, 6) is 0. The Bertz CT molecular complexity index is 180. The molecule has 0 fully saturated rings. The minimum absolute atomic E-state index is 0.655. The molecule has 0 heterocycles. The average Bonchev–Trinajstić information content (AvgIpc) is 1.88. The van der Waals surface area contributed by atoms with Gasteiger partial charge in [-0.25, -0.2) is 0 Å². The van der Waals surface area contributed by atoms with E-state index in [4.69, 9.17) is 5.73 Å². The maximum Gasteiger partial charge on any atom is 0.0293 e. The first-order valence-corrected chi connectivity index (χ1v) is 4.74. The Morgan fingerprint density at radius 3 is 2.60 bits per heavy atom. The fourth-order valence-electron chi connectivity index (χ4n) is 1.00. The first kappa shape index (κ1) is 8.11. The predicted molar refractivity (Wildman–Crippen MR) is 53.1 cm³/mol. The summed E-state index contributed by atoms with van der Waals surface area (Å²) in [4.78, 5) is 0. The van der Waals surface area contributed by atoms with Crippen LogP contribution in [0.25, 0.3) is 0 Å². The molecule has 56 valence electrons. The van der Waals surface area contributed by atoms with Crippen LogP contribution in [0.1, 0.15) is 19.8 Å². The SMILES string of the molecule is CC(I)C1=CC=C(N)CC1. The highest BCUT2D eigenvalue weighted by atomic mass is 127. The van der Waals surface area contributed by atoms with Gasteiger partial charge in [-0.1, -0.05) is 34.2 Å². The fraction of sp³-hybridized carbons (Fsp3) is 0.500. The van der Waals surface area contributed by atoms with Crippen LogP contribution in [0, 0.1) is 0 Å². The summed E-state index contributed by atoms with van der Waals surface area (Å²) in [6.07, 6.45) is 6.36. The minimum Gasteiger partial charge on any atom is -0.402 e. The van der Waals surface area contributed by atoms with Crippen LogP contribution in [0.15, 0.2) is 23.4 Å². The molecule has 1 atom stereocenters. The van der Waals surface area contributed by atoms with Gasteiger partial charge in [0.25, 0.3) is 0 Å². The molecule has 0 bridgehead atoms. The molecule has 0 radical (unpaired) electrons. The van der Waals surface area contributed by atoms with Crippen LogP contribution >= 0.6 is 22.6 Å². The van der Waals surface area contributed by atoms with Crippen molar-refractivity contribution in [3.8, 4) is 0 Å². The van der Waals surface area contributed by atoms with Crippen LogP contribution in [0.3, 0.4) is 0 Å². The Kier molecular flexibility index (Phi) is 2.77. The van der Waals surface area contributed by atoms with Gasteiger partial charge in [-0.15, -0.1) is 0 Å². The van der Waals surface area contributed by atoms with Gasteiger partial charge in [-0.2, -0.15) is 0 Å². The van der Waals surface area contributed by atoms with Crippen LogP contribution in [0.5, 0.6) is 0 Å². The standard InChI is InChI=1S/C8H12IN/c1-6(9)7-2-4-8(10)5-3-7/h2,4,6H,3,5,10H2,1H3. The Labute approximate surface area is 75.5 Å². The second-order valence-electron chi connectivity index (χ2n) is 2.60. The summed E-state index contributed by atoms with van der Waals surface area (Å²) in [7, 11) is 0. The second kappa shape index (κ2) is 3.42. The summed E-state index contributed by atoms with van der Waals surface area (Å²) in [5, 5.41) is 0. The quantitative estimate of drug-likeness (QED) is 0.560. The summed E-state index contributed by atoms with van der Waals surface area (Å²) in [5.41, 5.74) is 8.13. The molecular weight excluding hydrogens is 237 g/mol. The van der Waals surface area contributed by atoms with Gasteiger partial charge in [-0.3, -0.25) is 0 Å². The van der Waals surface area contributed by atoms with Crippen molar-refractivity contribution in [2.75, 3.05) is 0 Å². The van der Waals surface area contributed by atoms with Crippen LogP contribution in [0.2, 0.25) is 0 Å². The van der Waals surface area contributed by atoms with E-state index in [9.17, 15) is 0 Å². The molecule has 0 spiro atoms. The van der Waals surface area contributed by atoms with E-state index in [1.54, 1.807) is 0 Å². The van der Waals surface area contributed by atoms with Crippen molar-refractivity contribution in [3.05, 3.63) is 23.4 Å². The lowest BCUT2D eigenvalue weighted by atomic mass is 10.0. The summed E-state index contributed by atoms with van der Waals surface area (Å²) >= 11 is 2.43. The van der Waals surface area contributed by atoms with Crippen molar-refractivity contribution < 1.29 is 0 Å². The lowest BCUT2D eigenvalue weighted by Gasteiger charge is -2.13. The number of allylic oxidation sites excluding steroid dienone is 4. The number of halogens is 1. The molecule has 0 saturated carbocycles. The molecule has 0 aromatic heterocycles. The molecule has 1 nitrogen and oxygen atoms in total. The van der Waals surface area contributed by atoms with E-state index in [-0.39, 0.29) is 0 Å². The van der Waals surface area contributed by atoms with Crippen molar-refractivity contribution in [1.82, 2.24) is 0 Å². The maximum absolute atomic E-state index is 5.61. The van der Waals surface area contributed by atoms with E-state index in [1.807, 2.05) is 6.08 Å². The van der Waals surface area contributed by atoms with E-state index in [0.29, 0.717) is 3.92 Å². The fourth-order valence-corrected chi connectivity index (χ4v) is 1.52. The number of hydrogen-bond acceptors (Lipinski definition) is 1. The third-order valence-electron chi connectivity index (χ3n) is 1.72. The molecule has 1 aliphatic rings. The number of hydrogen-bond donors (Lipinski definition) is 1. The molecular formula is C8H12IN. The van der Waals surface area contributed by atoms with E-state index < -0.39 is 0 Å². The molecule has 10 heavy (non-hydrogen) atoms. The monoisotopic (exact) mass is 249 g/mol. The predicted octanol–water partition coefficient (Wildman–Crippen LogP) is 2.37. The highest BCUT2D eigenvalue weighted by Crippen LogP contribution is 2.22. The van der Waals surface area contributed by atoms with Crippen LogP contribution in [-0.4, -0.2) is 3.92 Å². The molecule has 2 heteroatoms. The van der Waals surface area contributed by atoms with Gasteiger partial charge in [-0.05, 0) is 25.8 Å². The molecule has 2 N–H and O–H groups in total. The van der Waals surface area contributed by atoms with Gasteiger partial charge in [0.2, 0.25) is 0 Å². The van der Waals surface area contributed by atoms with E-state index in [1.165, 1.54) is 5.57 Å². The van der Waals surface area contributed by atoms with E-state index in [2.05, 4.69) is 35.6 Å². The molecule has 1 aliphatic carbocycles. The third kappa shape index (κ3) is 2.01. The summed E-state index contributed by atoms with van der Waals surface area (Å²) < 4.78 is 0.655. The minimum atomic E-state index is 0.655. The van der Waals surface area contributed by atoms with Crippen molar-refractivity contribution in [3.63, 3.8) is 0 Å². The van der Waals surface area contributed by atoms with Crippen LogP contribution in [-0.2, 0) is 0 Å². The topological polar surface area (TPSA) is 26.0 Å². The number of alkyl halides is 1. The molecule has 1 unspecified atom stereocenters. The zero-order valence-corrected chi connectivity index (χ0v) is 8.26. The lowest BCUT2D eigenvalue weighted by Crippen LogP contribution is -2.05. The van der Waals surface area contributed by atoms with Gasteiger partial charge < -0.3 is 5.73 Å². The molecule has 0 amide bonds. The maximum atomic E-state index is 5.61. The first-order valence-electron chi connectivity index (χ1n) is 3.49. The Morgan fingerprint density at radius 2 is 2.20 bits per heavy atom. The van der Waals surface area contributed by atoms with E-state index in [0.717, 1.165) is 18.5 Å². The van der Waals surface area contributed by atoms with Gasteiger partial charge in [0.05, 0.1) is 0 Å². The summed E-state index contributed by atoms with van der Waals surface area (Å²) in [6.45, 7) is 2.21. The number of nitrogens with two attached hydrogens (primary N) is 1. The van der Waals surface area contributed by atoms with Crippen molar-refractivity contribution in [1.29, 1.82) is 0 Å². The van der Waals surface area contributed by atoms with Crippen molar-refractivity contribution in [2.45, 2.75) is 23.7 Å². The van der Waals surface area contributed by atoms with Gasteiger partial charge >= 0.3 is 0 Å². The van der Waals surface area contributed by atoms with Gasteiger partial charge in [0.15, 0.2) is 0 Å². The Morgan fingerprint density at radius 1 is 1.50 bits per heavy atom. The Balaban J connectivity index is 2.64. The first-order chi connectivity index (χ1) is 4.70. The largest absolute Gasteiger partial charge is 0.402 e. The lowest BCUT2D eigenvalue weighted by molar-refractivity contribution is 0.864. The smallest absolute Gasteiger partial charge is 0.0293 e. The highest BCUT2D eigenvalue weighted by Gasteiger charge is 2.07. The molecule has 0 saturated heterocycles. The molecule has 0 aromatic carbocycles. The van der Waals surface area contributed by atoms with Crippen LogP contribution in [0.4, 0.5) is 0 Å². The molecule has 0 aliphatic heterocycles. The van der Waals surface area contributed by atoms with E-state index >= 15 is 0 Å². The third-order valence-corrected chi connectivity index (χ3v) is 2.52. The Hall–Kier alpha value is 0.01000. The molecule has 1 rings (SSSR count). The van der Waals surface area contributed by atoms with Crippen molar-refractivity contribution in [2.24, 2.45) is 5.73 Å². The number of rotatable bonds is 1. The zero-order chi connectivity index (χ0) is 7.56. The highest BCUT2D eigenvalue weighted by molar-refractivity contribution is 14.1. The average molecular weight is 249 g/mol. The molecule has 0 aromatic rings. The van der Waals surface area contributed by atoms with Gasteiger partial charge in [0, 0.05) is 9.62 Å². The zero-order valence-electron chi connectivity index (χ0n) is 6.10. The van der Waals surface area contributed by atoms with Gasteiger partial charge in [0.1, 0.15) is 0 Å². The van der Waals surface area contributed by atoms with Crippen LogP contribution < -0.4 is 5.73 Å².